The molecule has 44 heavy (non-hydrogen) atoms. The first-order chi connectivity index (χ1) is 20.9. The lowest BCUT2D eigenvalue weighted by atomic mass is 9.97. The molecule has 2 aromatic carbocycles. The van der Waals surface area contributed by atoms with E-state index in [-0.39, 0.29) is 28.8 Å². The van der Waals surface area contributed by atoms with Gasteiger partial charge in [0, 0.05) is 25.6 Å². The summed E-state index contributed by atoms with van der Waals surface area (Å²) < 4.78 is 17.9. The van der Waals surface area contributed by atoms with Crippen LogP contribution in [0.2, 0.25) is 0 Å². The number of ether oxygens (including phenoxy) is 3. The van der Waals surface area contributed by atoms with Gasteiger partial charge in [0.25, 0.3) is 5.91 Å². The van der Waals surface area contributed by atoms with E-state index >= 15 is 0 Å². The lowest BCUT2D eigenvalue weighted by molar-refractivity contribution is -0.882. The number of benzene rings is 2. The van der Waals surface area contributed by atoms with E-state index < -0.39 is 5.60 Å². The molecule has 0 aromatic heterocycles. The summed E-state index contributed by atoms with van der Waals surface area (Å²) in [5.74, 6) is 1.15. The Hall–Kier alpha value is -3.78. The largest absolute Gasteiger partial charge is 0.506 e. The molecule has 0 aliphatic carbocycles. The third-order valence-electron chi connectivity index (χ3n) is 7.72. The highest BCUT2D eigenvalue weighted by molar-refractivity contribution is 6.11. The lowest BCUT2D eigenvalue weighted by Gasteiger charge is -2.32. The third kappa shape index (κ3) is 9.88. The Kier molecular flexibility index (Phi) is 12.5. The molecular formula is C36H51N2O6+. The highest BCUT2D eigenvalue weighted by Gasteiger charge is 2.28. The number of ketones is 1. The first-order valence-electron chi connectivity index (χ1n) is 15.8. The fraction of sp³-hybridized carbons (Fsp3) is 0.500. The molecule has 1 amide bonds. The number of methoxy groups -OCH3 is 1. The summed E-state index contributed by atoms with van der Waals surface area (Å²) in [7, 11) is 5.66. The van der Waals surface area contributed by atoms with Crippen LogP contribution in [-0.4, -0.2) is 85.8 Å². The summed E-state index contributed by atoms with van der Waals surface area (Å²) in [6.07, 6.45) is 11.8. The van der Waals surface area contributed by atoms with E-state index in [0.29, 0.717) is 28.9 Å². The van der Waals surface area contributed by atoms with Crippen molar-refractivity contribution in [1.82, 2.24) is 4.90 Å². The van der Waals surface area contributed by atoms with Crippen LogP contribution in [-0.2, 0) is 4.79 Å². The van der Waals surface area contributed by atoms with Crippen LogP contribution in [0.5, 0.6) is 23.0 Å². The highest BCUT2D eigenvalue weighted by atomic mass is 16.5. The van der Waals surface area contributed by atoms with Gasteiger partial charge in [0.2, 0.25) is 0 Å². The van der Waals surface area contributed by atoms with Crippen molar-refractivity contribution in [2.75, 3.05) is 54.0 Å². The summed E-state index contributed by atoms with van der Waals surface area (Å²) in [5, 5.41) is 10.9. The van der Waals surface area contributed by atoms with Crippen LogP contribution in [0.1, 0.15) is 81.3 Å². The minimum absolute atomic E-state index is 0.0908. The number of phenolic OH excluding ortho intramolecular Hbond substituents is 1. The van der Waals surface area contributed by atoms with Crippen molar-refractivity contribution in [2.24, 2.45) is 0 Å². The average Bonchev–Trinajstić information content (AvgIpc) is 2.97. The van der Waals surface area contributed by atoms with Crippen LogP contribution >= 0.6 is 0 Å². The summed E-state index contributed by atoms with van der Waals surface area (Å²) >= 11 is 0. The smallest absolute Gasteiger partial charge is 0.277 e. The number of rotatable bonds is 17. The normalized spacial score (nSPS) is 13.8. The monoisotopic (exact) mass is 607 g/mol. The van der Waals surface area contributed by atoms with Crippen LogP contribution in [0, 0.1) is 0 Å². The molecule has 0 unspecified atom stereocenters. The molecule has 0 saturated heterocycles. The number of quaternary nitrogens is 1. The maximum Gasteiger partial charge on any atom is 0.277 e. The van der Waals surface area contributed by atoms with Crippen molar-refractivity contribution in [3.63, 3.8) is 0 Å². The number of fused-ring (bicyclic) bond motifs is 1. The van der Waals surface area contributed by atoms with Gasteiger partial charge in [-0.2, -0.15) is 0 Å². The molecule has 1 heterocycles. The van der Waals surface area contributed by atoms with E-state index in [0.717, 1.165) is 63.1 Å². The van der Waals surface area contributed by atoms with Gasteiger partial charge >= 0.3 is 0 Å². The van der Waals surface area contributed by atoms with Crippen molar-refractivity contribution >= 4 is 23.8 Å². The van der Waals surface area contributed by atoms with Gasteiger partial charge in [-0.25, -0.2) is 0 Å². The number of hydrogen-bond donors (Lipinski definition) is 1. The number of aromatic hydroxyl groups is 1. The van der Waals surface area contributed by atoms with E-state index in [9.17, 15) is 14.7 Å². The van der Waals surface area contributed by atoms with Crippen molar-refractivity contribution in [3.8, 4) is 23.0 Å². The number of allylic oxidation sites excluding steroid dienone is 1. The minimum atomic E-state index is -0.522. The van der Waals surface area contributed by atoms with E-state index in [2.05, 4.69) is 27.9 Å². The molecule has 0 saturated carbocycles. The van der Waals surface area contributed by atoms with Crippen LogP contribution < -0.4 is 14.2 Å². The van der Waals surface area contributed by atoms with Gasteiger partial charge < -0.3 is 28.7 Å². The summed E-state index contributed by atoms with van der Waals surface area (Å²) in [5.41, 5.74) is 0.844. The SMILES string of the molecule is CCCCN(CCCC)C(=O)C[N+](C)(C)CCCOc1ccc(/C=C/C(=O)c2c(OC)cc3c(c2O)C=CC(C)(C)O3)cc1. The Balaban J connectivity index is 1.53. The minimum Gasteiger partial charge on any atom is -0.506 e. The molecule has 2 aromatic rings. The van der Waals surface area contributed by atoms with Crippen molar-refractivity contribution in [1.29, 1.82) is 0 Å². The molecule has 0 bridgehead atoms. The topological polar surface area (TPSA) is 85.3 Å². The summed E-state index contributed by atoms with van der Waals surface area (Å²) in [4.78, 5) is 28.1. The Morgan fingerprint density at radius 1 is 1.05 bits per heavy atom. The quantitative estimate of drug-likeness (QED) is 0.0926. The molecule has 240 valence electrons. The number of likely N-dealkylation sites (N-methyl/N-ethyl adjacent to an activating group) is 1. The summed E-state index contributed by atoms with van der Waals surface area (Å²) in [6.45, 7) is 11.7. The molecule has 0 fully saturated rings. The van der Waals surface area contributed by atoms with Gasteiger partial charge in [-0.05, 0) is 62.6 Å². The van der Waals surface area contributed by atoms with Crippen LogP contribution in [0.3, 0.4) is 0 Å². The average molecular weight is 608 g/mol. The number of phenols is 1. The lowest BCUT2D eigenvalue weighted by Crippen LogP contribution is -2.49. The number of unbranched alkanes of at least 4 members (excludes halogenated alkanes) is 2. The first-order valence-corrected chi connectivity index (χ1v) is 15.8. The zero-order valence-electron chi connectivity index (χ0n) is 27.7. The summed E-state index contributed by atoms with van der Waals surface area (Å²) in [6, 6.07) is 9.13. The Labute approximate surface area is 263 Å². The predicted octanol–water partition coefficient (Wildman–Crippen LogP) is 6.76. The van der Waals surface area contributed by atoms with Gasteiger partial charge in [0.05, 0.1) is 39.9 Å². The van der Waals surface area contributed by atoms with E-state index in [4.69, 9.17) is 14.2 Å². The standard InChI is InChI=1S/C36H50N2O6/c1-8-10-21-37(22-11-9-2)33(40)26-38(5,6)23-12-24-43-28-16-13-27(14-17-28)15-18-30(39)34-32(42-7)25-31-29(35(34)41)19-20-36(3,4)44-31/h13-20,25H,8-12,21-24,26H2,1-7H3/p+1/b18-15+. The number of nitrogens with zero attached hydrogens (tertiary/aromatic N) is 2. The first kappa shape index (κ1) is 34.7. The Bertz CT molecular complexity index is 1320. The fourth-order valence-electron chi connectivity index (χ4n) is 5.10. The molecule has 8 heteroatoms. The van der Waals surface area contributed by atoms with Crippen LogP contribution in [0.25, 0.3) is 12.2 Å². The van der Waals surface area contributed by atoms with E-state index in [1.165, 1.54) is 13.2 Å². The number of carbonyl (C=O) groups excluding carboxylic acids is 2. The molecule has 0 atom stereocenters. The van der Waals surface area contributed by atoms with Crippen molar-refractivity contribution < 1.29 is 33.4 Å². The second kappa shape index (κ2) is 15.8. The van der Waals surface area contributed by atoms with Crippen LogP contribution in [0.4, 0.5) is 0 Å². The number of hydrogen-bond acceptors (Lipinski definition) is 6. The molecular weight excluding hydrogens is 556 g/mol. The molecule has 8 nitrogen and oxygen atoms in total. The number of carbonyl (C=O) groups is 2. The highest BCUT2D eigenvalue weighted by Crippen LogP contribution is 2.43. The van der Waals surface area contributed by atoms with Gasteiger partial charge in [0.1, 0.15) is 34.2 Å². The third-order valence-corrected chi connectivity index (χ3v) is 7.72. The zero-order valence-corrected chi connectivity index (χ0v) is 27.7. The van der Waals surface area contributed by atoms with Gasteiger partial charge in [-0.1, -0.05) is 44.9 Å². The zero-order chi connectivity index (χ0) is 32.3. The molecule has 1 aliphatic heterocycles. The Morgan fingerprint density at radius 3 is 2.32 bits per heavy atom. The van der Waals surface area contributed by atoms with Gasteiger partial charge in [-0.15, -0.1) is 0 Å². The maximum absolute atomic E-state index is 13.1. The van der Waals surface area contributed by atoms with E-state index in [1.807, 2.05) is 49.1 Å². The fourth-order valence-corrected chi connectivity index (χ4v) is 5.10. The van der Waals surface area contributed by atoms with Crippen LogP contribution in [0.15, 0.2) is 42.5 Å². The Morgan fingerprint density at radius 2 is 1.70 bits per heavy atom. The van der Waals surface area contributed by atoms with E-state index in [1.54, 1.807) is 18.2 Å². The van der Waals surface area contributed by atoms with Crippen molar-refractivity contribution in [3.05, 3.63) is 59.2 Å². The predicted molar refractivity (Wildman–Crippen MR) is 177 cm³/mol. The second-order valence-corrected chi connectivity index (χ2v) is 12.6. The van der Waals surface area contributed by atoms with Crippen molar-refractivity contribution in [2.45, 2.75) is 65.4 Å². The molecule has 0 spiro atoms. The molecule has 3 rings (SSSR count). The van der Waals surface area contributed by atoms with Gasteiger partial charge in [0.15, 0.2) is 12.3 Å². The molecule has 1 N–H and O–H groups in total. The maximum atomic E-state index is 13.1. The molecule has 0 radical (unpaired) electrons. The number of amides is 1. The molecule has 1 aliphatic rings. The van der Waals surface area contributed by atoms with Gasteiger partial charge in [-0.3, -0.25) is 9.59 Å². The second-order valence-electron chi connectivity index (χ2n) is 12.6.